The summed E-state index contributed by atoms with van der Waals surface area (Å²) in [6.07, 6.45) is 9.25. The van der Waals surface area contributed by atoms with Crippen LogP contribution in [0, 0.1) is 23.7 Å². The molecule has 4 nitrogen and oxygen atoms in total. The third-order valence-electron chi connectivity index (χ3n) is 7.70. The molecule has 1 aliphatic heterocycles. The molecule has 5 fully saturated rings. The molecular weight excluding hydrogens is 350 g/mol. The maximum atomic E-state index is 13.3. The quantitative estimate of drug-likeness (QED) is 0.724. The van der Waals surface area contributed by atoms with Crippen LogP contribution in [0.1, 0.15) is 62.2 Å². The van der Waals surface area contributed by atoms with Crippen molar-refractivity contribution in [3.05, 3.63) is 29.8 Å². The molecule has 5 aliphatic rings. The van der Waals surface area contributed by atoms with Crippen molar-refractivity contribution in [1.29, 1.82) is 0 Å². The minimum Gasteiger partial charge on any atom is -0.491 e. The number of carbonyl (C=O) groups excluding carboxylic acids is 1. The number of hydrogen-bond donors (Lipinski definition) is 0. The Morgan fingerprint density at radius 1 is 1.07 bits per heavy atom. The average molecular weight is 384 g/mol. The standard InChI is InChI=1S/C24H33NO3/c1-2-25(23-19-11-16-10-17(13-19)14-20(23)12-16)24(26)18-5-7-21(8-6-18)28-15-22-4-3-9-27-22/h5-8,16-17,19-20,22-23H,2-4,9-15H2,1H3. The van der Waals surface area contributed by atoms with E-state index < -0.39 is 0 Å². The Kier molecular flexibility index (Phi) is 5.08. The Morgan fingerprint density at radius 3 is 2.32 bits per heavy atom. The number of amides is 1. The Bertz CT molecular complexity index is 666. The van der Waals surface area contributed by atoms with Crippen molar-refractivity contribution in [2.45, 2.75) is 64.0 Å². The summed E-state index contributed by atoms with van der Waals surface area (Å²) in [5.41, 5.74) is 0.792. The van der Waals surface area contributed by atoms with E-state index in [1.165, 1.54) is 32.1 Å². The van der Waals surface area contributed by atoms with E-state index in [2.05, 4.69) is 11.8 Å². The predicted octanol–water partition coefficient (Wildman–Crippen LogP) is 4.53. The molecule has 1 aromatic carbocycles. The SMILES string of the molecule is CCN(C(=O)c1ccc(OCC2CCCO2)cc1)C1C2CC3CC(C2)CC1C3. The first-order valence-electron chi connectivity index (χ1n) is 11.4. The van der Waals surface area contributed by atoms with Gasteiger partial charge in [0.15, 0.2) is 0 Å². The monoisotopic (exact) mass is 383 g/mol. The number of rotatable bonds is 6. The minimum atomic E-state index is 0.200. The maximum absolute atomic E-state index is 13.3. The first-order chi connectivity index (χ1) is 13.7. The molecule has 1 heterocycles. The fourth-order valence-corrected chi connectivity index (χ4v) is 6.72. The van der Waals surface area contributed by atoms with E-state index in [9.17, 15) is 4.79 Å². The van der Waals surface area contributed by atoms with Crippen LogP contribution < -0.4 is 4.74 Å². The van der Waals surface area contributed by atoms with Gasteiger partial charge in [-0.2, -0.15) is 0 Å². The number of ether oxygens (including phenoxy) is 2. The molecule has 4 bridgehead atoms. The van der Waals surface area contributed by atoms with Crippen molar-refractivity contribution in [3.63, 3.8) is 0 Å². The third-order valence-corrected chi connectivity index (χ3v) is 7.70. The summed E-state index contributed by atoms with van der Waals surface area (Å²) in [4.78, 5) is 15.5. The van der Waals surface area contributed by atoms with Gasteiger partial charge in [0.05, 0.1) is 6.10 Å². The second-order valence-corrected chi connectivity index (χ2v) is 9.48. The van der Waals surface area contributed by atoms with E-state index in [0.29, 0.717) is 12.6 Å². The highest BCUT2D eigenvalue weighted by Gasteiger charge is 2.50. The Balaban J connectivity index is 1.25. The molecule has 1 aromatic rings. The number of nitrogens with zero attached hydrogens (tertiary/aromatic N) is 1. The number of carbonyl (C=O) groups is 1. The molecule has 1 amide bonds. The molecule has 1 saturated heterocycles. The van der Waals surface area contributed by atoms with Crippen LogP contribution in [0.15, 0.2) is 24.3 Å². The molecule has 0 radical (unpaired) electrons. The second-order valence-electron chi connectivity index (χ2n) is 9.48. The molecule has 6 rings (SSSR count). The lowest BCUT2D eigenvalue weighted by Gasteiger charge is -2.57. The summed E-state index contributed by atoms with van der Waals surface area (Å²) in [5.74, 6) is 4.36. The van der Waals surface area contributed by atoms with Crippen molar-refractivity contribution in [1.82, 2.24) is 4.90 Å². The number of benzene rings is 1. The van der Waals surface area contributed by atoms with Crippen LogP contribution >= 0.6 is 0 Å². The summed E-state index contributed by atoms with van der Waals surface area (Å²) in [7, 11) is 0. The average Bonchev–Trinajstić information content (AvgIpc) is 3.22. The summed E-state index contributed by atoms with van der Waals surface area (Å²) in [5, 5.41) is 0. The Hall–Kier alpha value is -1.55. The summed E-state index contributed by atoms with van der Waals surface area (Å²) >= 11 is 0. The van der Waals surface area contributed by atoms with Crippen LogP contribution in [0.5, 0.6) is 5.75 Å². The van der Waals surface area contributed by atoms with Gasteiger partial charge in [0.25, 0.3) is 5.91 Å². The van der Waals surface area contributed by atoms with Gasteiger partial charge in [-0.25, -0.2) is 0 Å². The first kappa shape index (κ1) is 18.5. The van der Waals surface area contributed by atoms with Gasteiger partial charge in [0.1, 0.15) is 12.4 Å². The third kappa shape index (κ3) is 3.45. The van der Waals surface area contributed by atoms with Crippen molar-refractivity contribution in [2.75, 3.05) is 19.8 Å². The van der Waals surface area contributed by atoms with Crippen molar-refractivity contribution < 1.29 is 14.3 Å². The largest absolute Gasteiger partial charge is 0.491 e. The minimum absolute atomic E-state index is 0.200. The topological polar surface area (TPSA) is 38.8 Å². The van der Waals surface area contributed by atoms with Gasteiger partial charge in [-0.3, -0.25) is 4.79 Å². The van der Waals surface area contributed by atoms with Gasteiger partial charge < -0.3 is 14.4 Å². The van der Waals surface area contributed by atoms with Crippen LogP contribution in [0.4, 0.5) is 0 Å². The van der Waals surface area contributed by atoms with E-state index in [0.717, 1.165) is 61.0 Å². The normalized spacial score (nSPS) is 35.9. The lowest BCUT2D eigenvalue weighted by atomic mass is 9.54. The highest BCUT2D eigenvalue weighted by atomic mass is 16.5. The zero-order valence-electron chi connectivity index (χ0n) is 17.0. The van der Waals surface area contributed by atoms with Gasteiger partial charge in [-0.15, -0.1) is 0 Å². The van der Waals surface area contributed by atoms with Crippen LogP contribution in [0.2, 0.25) is 0 Å². The summed E-state index contributed by atoms with van der Waals surface area (Å²) in [6.45, 7) is 4.40. The Labute approximate surface area is 168 Å². The van der Waals surface area contributed by atoms with Gasteiger partial charge in [-0.05, 0) is 99.8 Å². The highest BCUT2D eigenvalue weighted by molar-refractivity contribution is 5.94. The van der Waals surface area contributed by atoms with Gasteiger partial charge >= 0.3 is 0 Å². The van der Waals surface area contributed by atoms with Crippen molar-refractivity contribution in [2.24, 2.45) is 23.7 Å². The molecule has 28 heavy (non-hydrogen) atoms. The molecule has 0 N–H and O–H groups in total. The first-order valence-corrected chi connectivity index (χ1v) is 11.4. The Morgan fingerprint density at radius 2 is 1.75 bits per heavy atom. The van der Waals surface area contributed by atoms with Crippen molar-refractivity contribution in [3.8, 4) is 5.75 Å². The zero-order chi connectivity index (χ0) is 19.1. The van der Waals surface area contributed by atoms with E-state index in [4.69, 9.17) is 9.47 Å². The number of hydrogen-bond acceptors (Lipinski definition) is 3. The van der Waals surface area contributed by atoms with E-state index in [1.54, 1.807) is 0 Å². The highest BCUT2D eigenvalue weighted by Crippen LogP contribution is 2.55. The molecule has 0 aromatic heterocycles. The van der Waals surface area contributed by atoms with E-state index in [-0.39, 0.29) is 12.0 Å². The van der Waals surface area contributed by atoms with E-state index in [1.807, 2.05) is 24.3 Å². The van der Waals surface area contributed by atoms with Crippen molar-refractivity contribution >= 4 is 5.91 Å². The molecule has 152 valence electrons. The molecule has 1 unspecified atom stereocenters. The molecule has 4 aliphatic carbocycles. The van der Waals surface area contributed by atoms with E-state index >= 15 is 0 Å². The summed E-state index contributed by atoms with van der Waals surface area (Å²) in [6, 6.07) is 8.21. The van der Waals surface area contributed by atoms with Crippen LogP contribution in [0.3, 0.4) is 0 Å². The smallest absolute Gasteiger partial charge is 0.254 e. The lowest BCUT2D eigenvalue weighted by molar-refractivity contribution is -0.0543. The predicted molar refractivity (Wildman–Crippen MR) is 108 cm³/mol. The molecule has 0 spiro atoms. The van der Waals surface area contributed by atoms with Gasteiger partial charge in [-0.1, -0.05) is 0 Å². The fraction of sp³-hybridized carbons (Fsp3) is 0.708. The van der Waals surface area contributed by atoms with Crippen LogP contribution in [0.25, 0.3) is 0 Å². The molecule has 4 heteroatoms. The summed E-state index contributed by atoms with van der Waals surface area (Å²) < 4.78 is 11.5. The maximum Gasteiger partial charge on any atom is 0.254 e. The zero-order valence-corrected chi connectivity index (χ0v) is 17.0. The lowest BCUT2D eigenvalue weighted by Crippen LogP contribution is -2.57. The van der Waals surface area contributed by atoms with Crippen LogP contribution in [-0.2, 0) is 4.74 Å². The van der Waals surface area contributed by atoms with Gasteiger partial charge in [0.2, 0.25) is 0 Å². The van der Waals surface area contributed by atoms with Crippen LogP contribution in [-0.4, -0.2) is 42.7 Å². The second kappa shape index (κ2) is 7.70. The van der Waals surface area contributed by atoms with Gasteiger partial charge in [0, 0.05) is 24.8 Å². The molecule has 1 atom stereocenters. The fourth-order valence-electron chi connectivity index (χ4n) is 6.72. The molecule has 4 saturated carbocycles. The molecular formula is C24H33NO3.